The molecule has 1 aliphatic heterocycles. The van der Waals surface area contributed by atoms with Gasteiger partial charge in [-0.1, -0.05) is 24.3 Å². The van der Waals surface area contributed by atoms with Gasteiger partial charge in [0, 0.05) is 0 Å². The first kappa shape index (κ1) is 7.17. The number of ether oxygens (including phenoxy) is 1. The zero-order valence-corrected chi connectivity index (χ0v) is 6.73. The van der Waals surface area contributed by atoms with Gasteiger partial charge in [-0.15, -0.1) is 0 Å². The molecule has 0 saturated heterocycles. The maximum absolute atomic E-state index is 5.10. The predicted molar refractivity (Wildman–Crippen MR) is 49.3 cm³/mol. The largest absolute Gasteiger partial charge is 0.473 e. The summed E-state index contributed by atoms with van der Waals surface area (Å²) in [6, 6.07) is 0. The molecule has 2 aliphatic rings. The third-order valence-electron chi connectivity index (χ3n) is 1.86. The van der Waals surface area contributed by atoms with Crippen LogP contribution in [0, 0.1) is 0 Å². The molecule has 0 radical (unpaired) electrons. The number of hydrogen-bond donors (Lipinski definition) is 0. The van der Waals surface area contributed by atoms with Gasteiger partial charge in [-0.2, -0.15) is 0 Å². The van der Waals surface area contributed by atoms with Crippen LogP contribution in [0.2, 0.25) is 0 Å². The Bertz CT molecular complexity index is 284. The van der Waals surface area contributed by atoms with E-state index >= 15 is 0 Å². The molecule has 2 rings (SSSR count). The topological polar surface area (TPSA) is 9.23 Å². The van der Waals surface area contributed by atoms with Gasteiger partial charge in [0.05, 0.1) is 12.5 Å². The van der Waals surface area contributed by atoms with Crippen LogP contribution in [0.15, 0.2) is 60.1 Å². The minimum Gasteiger partial charge on any atom is -0.473 e. The van der Waals surface area contributed by atoms with E-state index in [2.05, 4.69) is 12.2 Å². The fourth-order valence-corrected chi connectivity index (χ4v) is 1.24. The number of hydrogen-bond acceptors (Lipinski definition) is 1. The average Bonchev–Trinajstić information content (AvgIpc) is 2.25. The summed E-state index contributed by atoms with van der Waals surface area (Å²) in [4.78, 5) is 0. The van der Waals surface area contributed by atoms with Crippen LogP contribution in [0.3, 0.4) is 0 Å². The van der Waals surface area contributed by atoms with E-state index in [1.807, 2.05) is 24.3 Å². The summed E-state index contributed by atoms with van der Waals surface area (Å²) in [5.74, 6) is 0. The van der Waals surface area contributed by atoms with E-state index in [1.54, 1.807) is 12.5 Å². The van der Waals surface area contributed by atoms with Crippen molar-refractivity contribution in [2.45, 2.75) is 6.42 Å². The van der Waals surface area contributed by atoms with Crippen molar-refractivity contribution in [1.82, 2.24) is 0 Å². The highest BCUT2D eigenvalue weighted by molar-refractivity contribution is 5.38. The third kappa shape index (κ3) is 1.56. The van der Waals surface area contributed by atoms with Crippen LogP contribution in [-0.4, -0.2) is 0 Å². The van der Waals surface area contributed by atoms with Crippen LogP contribution in [0.4, 0.5) is 0 Å². The van der Waals surface area contributed by atoms with Gasteiger partial charge in [0.2, 0.25) is 0 Å². The van der Waals surface area contributed by atoms with Gasteiger partial charge < -0.3 is 4.74 Å². The molecule has 1 nitrogen and oxygen atoms in total. The zero-order chi connectivity index (χ0) is 8.23. The van der Waals surface area contributed by atoms with E-state index in [1.165, 1.54) is 11.1 Å². The van der Waals surface area contributed by atoms with Crippen LogP contribution in [0.5, 0.6) is 0 Å². The second-order valence-corrected chi connectivity index (χ2v) is 2.79. The van der Waals surface area contributed by atoms with Gasteiger partial charge in [0.25, 0.3) is 0 Å². The van der Waals surface area contributed by atoms with Gasteiger partial charge in [0.1, 0.15) is 0 Å². The first-order valence-corrected chi connectivity index (χ1v) is 4.00. The van der Waals surface area contributed by atoms with Gasteiger partial charge in [-0.25, -0.2) is 0 Å². The third-order valence-corrected chi connectivity index (χ3v) is 1.86. The molecule has 12 heavy (non-hydrogen) atoms. The summed E-state index contributed by atoms with van der Waals surface area (Å²) in [7, 11) is 0. The van der Waals surface area contributed by atoms with Crippen LogP contribution in [0.1, 0.15) is 6.42 Å². The highest BCUT2D eigenvalue weighted by atomic mass is 16.5. The number of allylic oxidation sites excluding steroid dienone is 8. The van der Waals surface area contributed by atoms with Crippen molar-refractivity contribution in [1.29, 1.82) is 0 Å². The molecule has 60 valence electrons. The lowest BCUT2D eigenvalue weighted by molar-refractivity contribution is 0.401. The van der Waals surface area contributed by atoms with Crippen molar-refractivity contribution in [3.8, 4) is 0 Å². The summed E-state index contributed by atoms with van der Waals surface area (Å²) >= 11 is 0. The van der Waals surface area contributed by atoms with Crippen molar-refractivity contribution in [3.63, 3.8) is 0 Å². The summed E-state index contributed by atoms with van der Waals surface area (Å²) < 4.78 is 5.10. The molecule has 0 aromatic heterocycles. The summed E-state index contributed by atoms with van der Waals surface area (Å²) in [6.07, 6.45) is 16.7. The van der Waals surface area contributed by atoms with Gasteiger partial charge in [-0.05, 0) is 29.7 Å². The Morgan fingerprint density at radius 2 is 1.50 bits per heavy atom. The molecule has 0 unspecified atom stereocenters. The highest BCUT2D eigenvalue weighted by Crippen LogP contribution is 2.18. The minimum absolute atomic E-state index is 0.989. The molecule has 0 amide bonds. The Morgan fingerprint density at radius 1 is 0.917 bits per heavy atom. The van der Waals surface area contributed by atoms with E-state index in [0.29, 0.717) is 0 Å². The molecular weight excluding hydrogens is 148 g/mol. The lowest BCUT2D eigenvalue weighted by Gasteiger charge is -2.04. The fourth-order valence-electron chi connectivity index (χ4n) is 1.24. The first-order valence-electron chi connectivity index (χ1n) is 4.00. The Balaban J connectivity index is 2.38. The molecule has 2 bridgehead atoms. The maximum Gasteiger partial charge on any atom is 0.0904 e. The second-order valence-electron chi connectivity index (χ2n) is 2.79. The number of fused-ring (bicyclic) bond motifs is 2. The predicted octanol–water partition coefficient (Wildman–Crippen LogP) is 2.86. The fraction of sp³-hybridized carbons (Fsp3) is 0.0909. The summed E-state index contributed by atoms with van der Waals surface area (Å²) in [5.41, 5.74) is 2.55. The molecule has 0 aromatic carbocycles. The smallest absolute Gasteiger partial charge is 0.0904 e. The molecule has 0 aromatic rings. The standard InChI is InChI=1S/C11H10O/c1-2-4-11-6-8-12-7-5-10(3-1)9-11/h1-8H,9H2/b7-5-,8-6-. The van der Waals surface area contributed by atoms with E-state index in [9.17, 15) is 0 Å². The molecule has 1 heterocycles. The first-order chi connectivity index (χ1) is 5.95. The molecular formula is C11H10O. The maximum atomic E-state index is 5.10. The molecule has 0 N–H and O–H groups in total. The van der Waals surface area contributed by atoms with Crippen molar-refractivity contribution in [2.24, 2.45) is 0 Å². The molecule has 0 atom stereocenters. The Labute approximate surface area is 72.0 Å². The molecule has 1 aliphatic carbocycles. The van der Waals surface area contributed by atoms with Gasteiger partial charge >= 0.3 is 0 Å². The Morgan fingerprint density at radius 3 is 2.08 bits per heavy atom. The molecule has 0 spiro atoms. The van der Waals surface area contributed by atoms with Crippen LogP contribution in [0.25, 0.3) is 0 Å². The van der Waals surface area contributed by atoms with E-state index in [-0.39, 0.29) is 0 Å². The van der Waals surface area contributed by atoms with Crippen LogP contribution < -0.4 is 0 Å². The zero-order valence-electron chi connectivity index (χ0n) is 6.73. The van der Waals surface area contributed by atoms with E-state index < -0.39 is 0 Å². The normalized spacial score (nSPS) is 25.3. The van der Waals surface area contributed by atoms with Crippen LogP contribution in [-0.2, 0) is 4.74 Å². The second kappa shape index (κ2) is 3.26. The van der Waals surface area contributed by atoms with Crippen molar-refractivity contribution >= 4 is 0 Å². The minimum atomic E-state index is 0.989. The molecule has 0 fully saturated rings. The van der Waals surface area contributed by atoms with Gasteiger partial charge in [0.15, 0.2) is 0 Å². The van der Waals surface area contributed by atoms with Gasteiger partial charge in [-0.3, -0.25) is 0 Å². The van der Waals surface area contributed by atoms with Crippen molar-refractivity contribution in [2.75, 3.05) is 0 Å². The lowest BCUT2D eigenvalue weighted by Crippen LogP contribution is -1.85. The average molecular weight is 158 g/mol. The highest BCUT2D eigenvalue weighted by Gasteiger charge is 2.00. The lowest BCUT2D eigenvalue weighted by atomic mass is 10.1. The van der Waals surface area contributed by atoms with E-state index in [0.717, 1.165) is 6.42 Å². The summed E-state index contributed by atoms with van der Waals surface area (Å²) in [5, 5.41) is 0. The van der Waals surface area contributed by atoms with E-state index in [4.69, 9.17) is 4.74 Å². The van der Waals surface area contributed by atoms with Crippen LogP contribution >= 0.6 is 0 Å². The Hall–Kier alpha value is -1.50. The SMILES string of the molecule is C1=CC=C2/C=C\O/C=C\C(=C1)C2. The van der Waals surface area contributed by atoms with Crippen molar-refractivity contribution in [3.05, 3.63) is 60.1 Å². The van der Waals surface area contributed by atoms with Crippen molar-refractivity contribution < 1.29 is 4.74 Å². The molecule has 1 heteroatoms. The number of rotatable bonds is 0. The summed E-state index contributed by atoms with van der Waals surface area (Å²) in [6.45, 7) is 0. The Kier molecular flexibility index (Phi) is 1.95. The molecule has 0 saturated carbocycles. The monoisotopic (exact) mass is 158 g/mol. The quantitative estimate of drug-likeness (QED) is 0.526.